The van der Waals surface area contributed by atoms with Crippen LogP contribution in [0.5, 0.6) is 0 Å². The van der Waals surface area contributed by atoms with Crippen LogP contribution in [0.4, 0.5) is 0 Å². The fourth-order valence-electron chi connectivity index (χ4n) is 1.91. The predicted octanol–water partition coefficient (Wildman–Crippen LogP) is 3.02. The quantitative estimate of drug-likeness (QED) is 0.568. The van der Waals surface area contributed by atoms with E-state index in [0.29, 0.717) is 0 Å². The highest BCUT2D eigenvalue weighted by Gasteiger charge is 2.04. The maximum absolute atomic E-state index is 4.54. The number of nitrogens with one attached hydrogen (secondary N) is 1. The summed E-state index contributed by atoms with van der Waals surface area (Å²) < 4.78 is 0. The summed E-state index contributed by atoms with van der Waals surface area (Å²) in [5.74, 6) is 0. The van der Waals surface area contributed by atoms with Gasteiger partial charge in [-0.15, -0.1) is 0 Å². The first kappa shape index (κ1) is 7.56. The van der Waals surface area contributed by atoms with E-state index in [1.165, 1.54) is 16.3 Å². The maximum Gasteiger partial charge on any atom is 0.138 e. The third kappa shape index (κ3) is 0.880. The summed E-state index contributed by atoms with van der Waals surface area (Å²) in [5.41, 5.74) is 3.33. The number of H-pyrrole nitrogens is 1. The van der Waals surface area contributed by atoms with E-state index in [2.05, 4.69) is 35.1 Å². The van der Waals surface area contributed by atoms with Crippen molar-refractivity contribution in [3.8, 4) is 0 Å². The lowest BCUT2D eigenvalue weighted by molar-refractivity contribution is 1.36. The molecule has 0 saturated carbocycles. The molecule has 1 N–H and O–H groups in total. The zero-order valence-electron chi connectivity index (χ0n) is 7.91. The molecule has 0 saturated heterocycles. The van der Waals surface area contributed by atoms with Gasteiger partial charge in [-0.05, 0) is 24.6 Å². The number of pyridine rings is 1. The highest BCUT2D eigenvalue weighted by atomic mass is 14.8. The van der Waals surface area contributed by atoms with Gasteiger partial charge in [-0.1, -0.05) is 18.2 Å². The summed E-state index contributed by atoms with van der Waals surface area (Å²) in [7, 11) is 0. The number of benzene rings is 1. The Bertz CT molecular complexity index is 608. The number of aromatic amines is 1. The van der Waals surface area contributed by atoms with Gasteiger partial charge in [0.05, 0.1) is 5.52 Å². The van der Waals surface area contributed by atoms with E-state index in [9.17, 15) is 0 Å². The summed E-state index contributed by atoms with van der Waals surface area (Å²) in [5, 5.41) is 2.45. The Balaban J connectivity index is 2.63. The molecule has 0 radical (unpaired) electrons. The van der Waals surface area contributed by atoms with Crippen LogP contribution in [0, 0.1) is 6.92 Å². The summed E-state index contributed by atoms with van der Waals surface area (Å²) in [6.45, 7) is 2.14. The first-order chi connectivity index (χ1) is 6.86. The van der Waals surface area contributed by atoms with Gasteiger partial charge in [-0.2, -0.15) is 0 Å². The lowest BCUT2D eigenvalue weighted by atomic mass is 10.1. The van der Waals surface area contributed by atoms with Crippen LogP contribution >= 0.6 is 0 Å². The molecule has 2 nitrogen and oxygen atoms in total. The van der Waals surface area contributed by atoms with Crippen LogP contribution in [0.3, 0.4) is 0 Å². The largest absolute Gasteiger partial charge is 0.346 e. The molecule has 0 aliphatic rings. The minimum absolute atomic E-state index is 0.973. The van der Waals surface area contributed by atoms with Gasteiger partial charge in [-0.25, -0.2) is 4.98 Å². The molecule has 0 aliphatic heterocycles. The first-order valence-electron chi connectivity index (χ1n) is 4.69. The second-order valence-corrected chi connectivity index (χ2v) is 3.49. The van der Waals surface area contributed by atoms with Gasteiger partial charge in [0.2, 0.25) is 0 Å². The van der Waals surface area contributed by atoms with Crippen LogP contribution in [0.2, 0.25) is 0 Å². The van der Waals surface area contributed by atoms with Crippen molar-refractivity contribution < 1.29 is 0 Å². The molecule has 2 heteroatoms. The molecule has 0 unspecified atom stereocenters. The molecule has 0 atom stereocenters. The average molecular weight is 182 g/mol. The van der Waals surface area contributed by atoms with Gasteiger partial charge < -0.3 is 4.98 Å². The van der Waals surface area contributed by atoms with E-state index in [-0.39, 0.29) is 0 Å². The number of aromatic nitrogens is 2. The standard InChI is InChI=1S/C12H10N2/c1-8-9-4-2-3-5-11(9)14-12-10(8)6-7-13-12/h2-7H,1H3,(H,13,14). The number of hydrogen-bond acceptors (Lipinski definition) is 1. The Kier molecular flexibility index (Phi) is 1.39. The van der Waals surface area contributed by atoms with Crippen molar-refractivity contribution in [2.75, 3.05) is 0 Å². The number of nitrogens with zero attached hydrogens (tertiary/aromatic N) is 1. The van der Waals surface area contributed by atoms with Crippen molar-refractivity contribution in [3.63, 3.8) is 0 Å². The summed E-state index contributed by atoms with van der Waals surface area (Å²) in [6.07, 6.45) is 1.93. The van der Waals surface area contributed by atoms with Crippen molar-refractivity contribution in [2.45, 2.75) is 6.92 Å². The monoisotopic (exact) mass is 182 g/mol. The smallest absolute Gasteiger partial charge is 0.138 e. The Morgan fingerprint density at radius 3 is 2.86 bits per heavy atom. The van der Waals surface area contributed by atoms with Crippen LogP contribution in [0.1, 0.15) is 5.56 Å². The van der Waals surface area contributed by atoms with Crippen molar-refractivity contribution in [3.05, 3.63) is 42.1 Å². The van der Waals surface area contributed by atoms with E-state index >= 15 is 0 Å². The van der Waals surface area contributed by atoms with Gasteiger partial charge in [0.1, 0.15) is 5.65 Å². The molecule has 2 aromatic heterocycles. The van der Waals surface area contributed by atoms with Crippen molar-refractivity contribution in [2.24, 2.45) is 0 Å². The number of hydrogen-bond donors (Lipinski definition) is 1. The summed E-state index contributed by atoms with van der Waals surface area (Å²) in [6, 6.07) is 10.3. The second-order valence-electron chi connectivity index (χ2n) is 3.49. The maximum atomic E-state index is 4.54. The van der Waals surface area contributed by atoms with Gasteiger partial charge in [0.15, 0.2) is 0 Å². The second kappa shape index (κ2) is 2.58. The van der Waals surface area contributed by atoms with Crippen LogP contribution in [-0.2, 0) is 0 Å². The molecule has 3 aromatic rings. The fraction of sp³-hybridized carbons (Fsp3) is 0.0833. The molecule has 0 aliphatic carbocycles. The van der Waals surface area contributed by atoms with Crippen molar-refractivity contribution >= 4 is 21.9 Å². The normalized spacial score (nSPS) is 11.2. The Labute approximate surface area is 81.6 Å². The molecule has 0 bridgehead atoms. The van der Waals surface area contributed by atoms with E-state index in [1.54, 1.807) is 0 Å². The molecule has 3 rings (SSSR count). The molecule has 0 spiro atoms. The number of fused-ring (bicyclic) bond motifs is 2. The molecule has 0 fully saturated rings. The third-order valence-electron chi connectivity index (χ3n) is 2.67. The molecule has 0 amide bonds. The van der Waals surface area contributed by atoms with E-state index < -0.39 is 0 Å². The SMILES string of the molecule is Cc1c2ccccc2nc2[nH]ccc12. The molecule has 68 valence electrons. The number of rotatable bonds is 0. The first-order valence-corrected chi connectivity index (χ1v) is 4.69. The lowest BCUT2D eigenvalue weighted by Gasteiger charge is -2.02. The van der Waals surface area contributed by atoms with Crippen molar-refractivity contribution in [1.29, 1.82) is 0 Å². The molecular formula is C12H10N2. The lowest BCUT2D eigenvalue weighted by Crippen LogP contribution is -1.84. The van der Waals surface area contributed by atoms with Crippen LogP contribution in [0.15, 0.2) is 36.5 Å². The minimum atomic E-state index is 0.973. The zero-order valence-corrected chi connectivity index (χ0v) is 7.91. The van der Waals surface area contributed by atoms with Gasteiger partial charge >= 0.3 is 0 Å². The Hall–Kier alpha value is -1.83. The summed E-state index contributed by atoms with van der Waals surface area (Å²) >= 11 is 0. The fourth-order valence-corrected chi connectivity index (χ4v) is 1.91. The minimum Gasteiger partial charge on any atom is -0.346 e. The van der Waals surface area contributed by atoms with Crippen LogP contribution in [-0.4, -0.2) is 9.97 Å². The third-order valence-corrected chi connectivity index (χ3v) is 2.67. The van der Waals surface area contributed by atoms with Gasteiger partial charge in [0, 0.05) is 17.0 Å². The highest BCUT2D eigenvalue weighted by molar-refractivity contribution is 5.95. The number of aryl methyl sites for hydroxylation is 1. The molecular weight excluding hydrogens is 172 g/mol. The average Bonchev–Trinajstić information content (AvgIpc) is 2.66. The topological polar surface area (TPSA) is 28.7 Å². The molecule has 2 heterocycles. The number of para-hydroxylation sites is 1. The zero-order chi connectivity index (χ0) is 9.54. The van der Waals surface area contributed by atoms with E-state index in [4.69, 9.17) is 0 Å². The van der Waals surface area contributed by atoms with E-state index in [0.717, 1.165) is 11.2 Å². The van der Waals surface area contributed by atoms with Gasteiger partial charge in [0.25, 0.3) is 0 Å². The molecule has 14 heavy (non-hydrogen) atoms. The van der Waals surface area contributed by atoms with Gasteiger partial charge in [-0.3, -0.25) is 0 Å². The van der Waals surface area contributed by atoms with Crippen LogP contribution < -0.4 is 0 Å². The Morgan fingerprint density at radius 1 is 1.07 bits per heavy atom. The van der Waals surface area contributed by atoms with Crippen LogP contribution in [0.25, 0.3) is 21.9 Å². The highest BCUT2D eigenvalue weighted by Crippen LogP contribution is 2.23. The van der Waals surface area contributed by atoms with E-state index in [1.807, 2.05) is 18.3 Å². The Morgan fingerprint density at radius 2 is 1.93 bits per heavy atom. The predicted molar refractivity (Wildman–Crippen MR) is 58.3 cm³/mol. The molecule has 1 aromatic carbocycles. The summed E-state index contributed by atoms with van der Waals surface area (Å²) in [4.78, 5) is 7.68. The van der Waals surface area contributed by atoms with Crippen molar-refractivity contribution in [1.82, 2.24) is 9.97 Å².